The van der Waals surface area contributed by atoms with Crippen molar-refractivity contribution in [2.24, 2.45) is 11.7 Å². The Morgan fingerprint density at radius 3 is 2.73 bits per heavy atom. The number of hydrogen-bond acceptors (Lipinski definition) is 4. The Kier molecular flexibility index (Phi) is 6.47. The molecule has 0 aromatic carbocycles. The third kappa shape index (κ3) is 4.15. The molecule has 2 atom stereocenters. The Morgan fingerprint density at radius 2 is 2.27 bits per heavy atom. The highest BCUT2D eigenvalue weighted by Gasteiger charge is 2.12. The third-order valence-electron chi connectivity index (χ3n) is 2.52. The first-order valence-corrected chi connectivity index (χ1v) is 4.92. The summed E-state index contributed by atoms with van der Waals surface area (Å²) in [5.74, 6) is 0.469. The van der Waals surface area contributed by atoms with E-state index in [1.807, 2.05) is 0 Å². The van der Waals surface area contributed by atoms with Gasteiger partial charge in [-0.15, -0.1) is 17.5 Å². The van der Waals surface area contributed by atoms with Crippen molar-refractivity contribution >= 4 is 12.4 Å². The van der Waals surface area contributed by atoms with Gasteiger partial charge in [0.25, 0.3) is 0 Å². The summed E-state index contributed by atoms with van der Waals surface area (Å²) in [5.41, 5.74) is 6.54. The lowest BCUT2D eigenvalue weighted by atomic mass is 10.0. The lowest BCUT2D eigenvalue weighted by Crippen LogP contribution is -2.32. The number of aromatic nitrogens is 3. The number of aliphatic hydroxyl groups is 1. The van der Waals surface area contributed by atoms with Gasteiger partial charge in [-0.1, -0.05) is 25.5 Å². The van der Waals surface area contributed by atoms with Gasteiger partial charge in [0, 0.05) is 6.04 Å². The van der Waals surface area contributed by atoms with E-state index in [1.165, 1.54) is 0 Å². The molecule has 88 valence electrons. The average Bonchev–Trinajstić information content (AvgIpc) is 2.64. The lowest BCUT2D eigenvalue weighted by molar-refractivity contribution is 0.276. The van der Waals surface area contributed by atoms with Gasteiger partial charge in [0.2, 0.25) is 0 Å². The summed E-state index contributed by atoms with van der Waals surface area (Å²) in [7, 11) is 0. The monoisotopic (exact) mass is 234 g/mol. The molecule has 15 heavy (non-hydrogen) atoms. The fourth-order valence-electron chi connectivity index (χ4n) is 1.20. The van der Waals surface area contributed by atoms with E-state index in [-0.39, 0.29) is 25.1 Å². The van der Waals surface area contributed by atoms with Crippen molar-refractivity contribution in [2.45, 2.75) is 39.5 Å². The van der Waals surface area contributed by atoms with E-state index in [4.69, 9.17) is 10.8 Å². The molecule has 0 fully saturated rings. The predicted molar refractivity (Wildman–Crippen MR) is 60.6 cm³/mol. The van der Waals surface area contributed by atoms with E-state index in [0.717, 1.165) is 6.42 Å². The minimum atomic E-state index is -0.0709. The van der Waals surface area contributed by atoms with Gasteiger partial charge in [0.15, 0.2) is 0 Å². The van der Waals surface area contributed by atoms with Crippen LogP contribution in [0.3, 0.4) is 0 Å². The molecule has 0 saturated carbocycles. The Bertz CT molecular complexity index is 279. The Balaban J connectivity index is 0.00000196. The maximum atomic E-state index is 8.79. The summed E-state index contributed by atoms with van der Waals surface area (Å²) in [5, 5.41) is 16.4. The zero-order valence-electron chi connectivity index (χ0n) is 9.13. The van der Waals surface area contributed by atoms with Crippen molar-refractivity contribution < 1.29 is 5.11 Å². The number of rotatable bonds is 5. The van der Waals surface area contributed by atoms with Crippen molar-refractivity contribution in [3.05, 3.63) is 11.9 Å². The highest BCUT2D eigenvalue weighted by Crippen LogP contribution is 2.07. The van der Waals surface area contributed by atoms with Crippen LogP contribution in [0.5, 0.6) is 0 Å². The normalized spacial score (nSPS) is 14.4. The van der Waals surface area contributed by atoms with Gasteiger partial charge in [-0.2, -0.15) is 0 Å². The predicted octanol–water partition coefficient (Wildman–Crippen LogP) is 0.566. The molecule has 6 heteroatoms. The second-order valence-electron chi connectivity index (χ2n) is 3.64. The Hall–Kier alpha value is -0.650. The van der Waals surface area contributed by atoms with Gasteiger partial charge in [-0.05, 0) is 5.92 Å². The van der Waals surface area contributed by atoms with E-state index >= 15 is 0 Å². The zero-order valence-corrected chi connectivity index (χ0v) is 9.94. The van der Waals surface area contributed by atoms with Gasteiger partial charge in [-0.3, -0.25) is 4.68 Å². The van der Waals surface area contributed by atoms with Crippen LogP contribution < -0.4 is 5.73 Å². The SMILES string of the molecule is CCC(C)C(N)Cn1cc(CO)nn1.Cl. The van der Waals surface area contributed by atoms with Gasteiger partial charge < -0.3 is 10.8 Å². The molecule has 5 nitrogen and oxygen atoms in total. The summed E-state index contributed by atoms with van der Waals surface area (Å²) in [4.78, 5) is 0. The smallest absolute Gasteiger partial charge is 0.108 e. The van der Waals surface area contributed by atoms with E-state index in [0.29, 0.717) is 18.2 Å². The summed E-state index contributed by atoms with van der Waals surface area (Å²) in [6.07, 6.45) is 2.78. The number of nitrogens with two attached hydrogens (primary N) is 1. The van der Waals surface area contributed by atoms with E-state index < -0.39 is 0 Å². The number of nitrogens with zero attached hydrogens (tertiary/aromatic N) is 3. The second-order valence-corrected chi connectivity index (χ2v) is 3.64. The minimum Gasteiger partial charge on any atom is -0.390 e. The first-order valence-electron chi connectivity index (χ1n) is 4.92. The molecule has 0 bridgehead atoms. The molecule has 1 aromatic heterocycles. The van der Waals surface area contributed by atoms with Crippen LogP contribution in [0.1, 0.15) is 26.0 Å². The Morgan fingerprint density at radius 1 is 1.60 bits per heavy atom. The fourth-order valence-corrected chi connectivity index (χ4v) is 1.20. The molecule has 0 saturated heterocycles. The van der Waals surface area contributed by atoms with Crippen LogP contribution in [0.4, 0.5) is 0 Å². The maximum absolute atomic E-state index is 8.79. The molecule has 2 unspecified atom stereocenters. The van der Waals surface area contributed by atoms with Crippen molar-refractivity contribution in [3.63, 3.8) is 0 Å². The van der Waals surface area contributed by atoms with Gasteiger partial charge in [-0.25, -0.2) is 0 Å². The number of aliphatic hydroxyl groups excluding tert-OH is 1. The first kappa shape index (κ1) is 14.3. The zero-order chi connectivity index (χ0) is 10.6. The van der Waals surface area contributed by atoms with Gasteiger partial charge in [0.05, 0.1) is 19.3 Å². The summed E-state index contributed by atoms with van der Waals surface area (Å²) < 4.78 is 1.68. The topological polar surface area (TPSA) is 77.0 Å². The lowest BCUT2D eigenvalue weighted by Gasteiger charge is -2.17. The molecular formula is C9H19ClN4O. The van der Waals surface area contributed by atoms with Crippen LogP contribution in [0.25, 0.3) is 0 Å². The van der Waals surface area contributed by atoms with E-state index in [1.54, 1.807) is 10.9 Å². The summed E-state index contributed by atoms with van der Waals surface area (Å²) in [6, 6.07) is 0.0910. The molecule has 0 amide bonds. The molecule has 0 aliphatic carbocycles. The second kappa shape index (κ2) is 6.76. The van der Waals surface area contributed by atoms with Crippen LogP contribution in [0.15, 0.2) is 6.20 Å². The molecule has 1 heterocycles. The Labute approximate surface area is 96.1 Å². The molecular weight excluding hydrogens is 216 g/mol. The van der Waals surface area contributed by atoms with E-state index in [9.17, 15) is 0 Å². The number of hydrogen-bond donors (Lipinski definition) is 2. The average molecular weight is 235 g/mol. The molecule has 0 radical (unpaired) electrons. The number of halogens is 1. The van der Waals surface area contributed by atoms with Crippen molar-refractivity contribution in [1.29, 1.82) is 0 Å². The van der Waals surface area contributed by atoms with Crippen LogP contribution in [-0.2, 0) is 13.2 Å². The molecule has 1 rings (SSSR count). The summed E-state index contributed by atoms with van der Waals surface area (Å²) in [6.45, 7) is 4.82. The first-order chi connectivity index (χ1) is 6.67. The molecule has 1 aromatic rings. The van der Waals surface area contributed by atoms with Crippen LogP contribution >= 0.6 is 12.4 Å². The standard InChI is InChI=1S/C9H18N4O.ClH/c1-3-7(2)9(10)5-13-4-8(6-14)11-12-13;/h4,7,9,14H,3,5-6,10H2,1-2H3;1H. The minimum absolute atomic E-state index is 0. The quantitative estimate of drug-likeness (QED) is 0.781. The highest BCUT2D eigenvalue weighted by molar-refractivity contribution is 5.85. The molecule has 0 aliphatic rings. The third-order valence-corrected chi connectivity index (χ3v) is 2.52. The van der Waals surface area contributed by atoms with Crippen LogP contribution in [0, 0.1) is 5.92 Å². The van der Waals surface area contributed by atoms with E-state index in [2.05, 4.69) is 24.2 Å². The fraction of sp³-hybridized carbons (Fsp3) is 0.778. The van der Waals surface area contributed by atoms with Crippen molar-refractivity contribution in [2.75, 3.05) is 0 Å². The molecule has 3 N–H and O–H groups in total. The largest absolute Gasteiger partial charge is 0.390 e. The van der Waals surface area contributed by atoms with Crippen molar-refractivity contribution in [3.8, 4) is 0 Å². The van der Waals surface area contributed by atoms with Crippen LogP contribution in [0.2, 0.25) is 0 Å². The van der Waals surface area contributed by atoms with Gasteiger partial charge >= 0.3 is 0 Å². The maximum Gasteiger partial charge on any atom is 0.108 e. The van der Waals surface area contributed by atoms with Gasteiger partial charge in [0.1, 0.15) is 5.69 Å². The summed E-state index contributed by atoms with van der Waals surface area (Å²) >= 11 is 0. The van der Waals surface area contributed by atoms with Crippen molar-refractivity contribution in [1.82, 2.24) is 15.0 Å². The van der Waals surface area contributed by atoms with Crippen LogP contribution in [-0.4, -0.2) is 26.1 Å². The molecule has 0 aliphatic heterocycles. The molecule has 0 spiro atoms. The highest BCUT2D eigenvalue weighted by atomic mass is 35.5.